The van der Waals surface area contributed by atoms with Gasteiger partial charge in [0, 0.05) is 42.4 Å². The van der Waals surface area contributed by atoms with E-state index in [2.05, 4.69) is 61.5 Å². The van der Waals surface area contributed by atoms with Crippen LogP contribution in [0.25, 0.3) is 11.0 Å². The molecule has 1 aliphatic rings. The summed E-state index contributed by atoms with van der Waals surface area (Å²) in [5.41, 5.74) is 1.13. The zero-order chi connectivity index (χ0) is 14.3. The molecule has 2 aromatic heterocycles. The van der Waals surface area contributed by atoms with Gasteiger partial charge in [-0.15, -0.1) is 0 Å². The van der Waals surface area contributed by atoms with E-state index in [9.17, 15) is 0 Å². The van der Waals surface area contributed by atoms with E-state index < -0.39 is 0 Å². The lowest BCUT2D eigenvalue weighted by atomic mass is 10.0. The predicted molar refractivity (Wildman–Crippen MR) is 85.1 cm³/mol. The van der Waals surface area contributed by atoms with Crippen LogP contribution in [0.4, 0.5) is 5.82 Å². The Morgan fingerprint density at radius 1 is 1.15 bits per heavy atom. The highest BCUT2D eigenvalue weighted by molar-refractivity contribution is 9.10. The molecule has 6 heteroatoms. The molecule has 0 radical (unpaired) electrons. The lowest BCUT2D eigenvalue weighted by Crippen LogP contribution is -2.53. The highest BCUT2D eigenvalue weighted by Crippen LogP contribution is 2.30. The number of fused-ring (bicyclic) bond motifs is 1. The van der Waals surface area contributed by atoms with Gasteiger partial charge in [-0.2, -0.15) is 0 Å². The van der Waals surface area contributed by atoms with Crippen LogP contribution in [-0.4, -0.2) is 51.6 Å². The molecule has 0 saturated carbocycles. The second kappa shape index (κ2) is 5.00. The standard InChI is InChI=1S/C14H20BrN5/c1-14(2,3)20-6-4-19(5-7-20)13-11-10(15)8-16-12(11)17-9-18-13/h8-9H,4-7H2,1-3H3,(H,16,17,18). The lowest BCUT2D eigenvalue weighted by molar-refractivity contribution is 0.128. The third kappa shape index (κ3) is 2.42. The number of nitrogens with one attached hydrogen (secondary N) is 1. The van der Waals surface area contributed by atoms with E-state index in [1.165, 1.54) is 0 Å². The van der Waals surface area contributed by atoms with E-state index in [0.29, 0.717) is 0 Å². The molecule has 1 N–H and O–H groups in total. The van der Waals surface area contributed by atoms with Gasteiger partial charge in [-0.3, -0.25) is 4.90 Å². The van der Waals surface area contributed by atoms with Crippen LogP contribution in [0.15, 0.2) is 17.0 Å². The largest absolute Gasteiger partial charge is 0.353 e. The molecular formula is C14H20BrN5. The topological polar surface area (TPSA) is 48.1 Å². The Morgan fingerprint density at radius 3 is 2.50 bits per heavy atom. The zero-order valence-electron chi connectivity index (χ0n) is 12.1. The Morgan fingerprint density at radius 2 is 1.85 bits per heavy atom. The van der Waals surface area contributed by atoms with Crippen LogP contribution in [0.2, 0.25) is 0 Å². The van der Waals surface area contributed by atoms with Gasteiger partial charge in [0.2, 0.25) is 0 Å². The van der Waals surface area contributed by atoms with Gasteiger partial charge >= 0.3 is 0 Å². The van der Waals surface area contributed by atoms with Gasteiger partial charge in [0.15, 0.2) is 0 Å². The minimum atomic E-state index is 0.238. The highest BCUT2D eigenvalue weighted by atomic mass is 79.9. The van der Waals surface area contributed by atoms with Crippen molar-refractivity contribution < 1.29 is 0 Å². The van der Waals surface area contributed by atoms with Crippen LogP contribution >= 0.6 is 15.9 Å². The quantitative estimate of drug-likeness (QED) is 0.868. The maximum atomic E-state index is 4.50. The van der Waals surface area contributed by atoms with Gasteiger partial charge in [0.1, 0.15) is 17.8 Å². The Kier molecular flexibility index (Phi) is 3.46. The van der Waals surface area contributed by atoms with Crippen molar-refractivity contribution in [3.63, 3.8) is 0 Å². The molecule has 0 aromatic carbocycles. The summed E-state index contributed by atoms with van der Waals surface area (Å²) in [5.74, 6) is 1.02. The van der Waals surface area contributed by atoms with Crippen molar-refractivity contribution in [1.82, 2.24) is 19.9 Å². The summed E-state index contributed by atoms with van der Waals surface area (Å²) in [5, 5.41) is 1.08. The number of hydrogen-bond acceptors (Lipinski definition) is 4. The number of piperazine rings is 1. The number of rotatable bonds is 1. The van der Waals surface area contributed by atoms with Crippen molar-refractivity contribution in [2.24, 2.45) is 0 Å². The van der Waals surface area contributed by atoms with Crippen LogP contribution in [0, 0.1) is 0 Å². The summed E-state index contributed by atoms with van der Waals surface area (Å²) < 4.78 is 1.03. The second-order valence-corrected chi connectivity index (χ2v) is 7.06. The molecule has 1 fully saturated rings. The SMILES string of the molecule is CC(C)(C)N1CCN(c2ncnc3[nH]cc(Br)c23)CC1. The predicted octanol–water partition coefficient (Wildman–Crippen LogP) is 2.64. The number of aromatic nitrogens is 3. The maximum absolute atomic E-state index is 4.50. The fraction of sp³-hybridized carbons (Fsp3) is 0.571. The molecule has 0 spiro atoms. The van der Waals surface area contributed by atoms with Crippen LogP contribution in [0.3, 0.4) is 0 Å². The summed E-state index contributed by atoms with van der Waals surface area (Å²) in [7, 11) is 0. The van der Waals surface area contributed by atoms with Crippen LogP contribution < -0.4 is 4.90 Å². The number of halogens is 1. The van der Waals surface area contributed by atoms with Crippen molar-refractivity contribution >= 4 is 32.8 Å². The number of hydrogen-bond donors (Lipinski definition) is 1. The number of aromatic amines is 1. The van der Waals surface area contributed by atoms with E-state index in [0.717, 1.165) is 47.5 Å². The Balaban J connectivity index is 1.85. The van der Waals surface area contributed by atoms with Gasteiger partial charge in [-0.05, 0) is 36.7 Å². The first-order chi connectivity index (χ1) is 9.47. The van der Waals surface area contributed by atoms with E-state index in [1.54, 1.807) is 6.33 Å². The molecule has 0 amide bonds. The first-order valence-corrected chi connectivity index (χ1v) is 7.74. The minimum absolute atomic E-state index is 0.238. The monoisotopic (exact) mass is 337 g/mol. The first-order valence-electron chi connectivity index (χ1n) is 6.94. The summed E-state index contributed by atoms with van der Waals surface area (Å²) >= 11 is 3.58. The van der Waals surface area contributed by atoms with Gasteiger partial charge in [0.05, 0.1) is 5.39 Å². The molecule has 0 bridgehead atoms. The summed E-state index contributed by atoms with van der Waals surface area (Å²) in [6.45, 7) is 11.0. The molecule has 2 aromatic rings. The zero-order valence-corrected chi connectivity index (χ0v) is 13.7. The van der Waals surface area contributed by atoms with Crippen molar-refractivity contribution in [3.8, 4) is 0 Å². The maximum Gasteiger partial charge on any atom is 0.144 e. The summed E-state index contributed by atoms with van der Waals surface area (Å²) in [4.78, 5) is 16.8. The fourth-order valence-electron chi connectivity index (χ4n) is 2.74. The van der Waals surface area contributed by atoms with E-state index in [1.807, 2.05) is 6.20 Å². The summed E-state index contributed by atoms with van der Waals surface area (Å²) in [6, 6.07) is 0. The molecule has 0 atom stereocenters. The lowest BCUT2D eigenvalue weighted by Gasteiger charge is -2.42. The second-order valence-electron chi connectivity index (χ2n) is 6.20. The van der Waals surface area contributed by atoms with E-state index in [4.69, 9.17) is 0 Å². The Bertz CT molecular complexity index is 608. The number of anilines is 1. The van der Waals surface area contributed by atoms with Crippen molar-refractivity contribution in [1.29, 1.82) is 0 Å². The molecule has 20 heavy (non-hydrogen) atoms. The molecular weight excluding hydrogens is 318 g/mol. The molecule has 0 unspecified atom stereocenters. The molecule has 108 valence electrons. The Hall–Kier alpha value is -1.14. The smallest absolute Gasteiger partial charge is 0.144 e. The minimum Gasteiger partial charge on any atom is -0.353 e. The first kappa shape index (κ1) is 13.8. The van der Waals surface area contributed by atoms with Gasteiger partial charge in [0.25, 0.3) is 0 Å². The van der Waals surface area contributed by atoms with Crippen molar-refractivity contribution in [3.05, 3.63) is 17.0 Å². The number of nitrogens with zero attached hydrogens (tertiary/aromatic N) is 4. The number of H-pyrrole nitrogens is 1. The molecule has 1 aliphatic heterocycles. The molecule has 3 heterocycles. The van der Waals surface area contributed by atoms with Gasteiger partial charge in [-0.1, -0.05) is 0 Å². The van der Waals surface area contributed by atoms with Crippen molar-refractivity contribution in [2.45, 2.75) is 26.3 Å². The fourth-order valence-corrected chi connectivity index (χ4v) is 3.22. The highest BCUT2D eigenvalue weighted by Gasteiger charge is 2.27. The average molecular weight is 338 g/mol. The summed E-state index contributed by atoms with van der Waals surface area (Å²) in [6.07, 6.45) is 3.56. The van der Waals surface area contributed by atoms with E-state index in [-0.39, 0.29) is 5.54 Å². The van der Waals surface area contributed by atoms with Crippen LogP contribution in [-0.2, 0) is 0 Å². The average Bonchev–Trinajstić information content (AvgIpc) is 2.80. The van der Waals surface area contributed by atoms with E-state index >= 15 is 0 Å². The van der Waals surface area contributed by atoms with Gasteiger partial charge in [-0.25, -0.2) is 9.97 Å². The molecule has 3 rings (SSSR count). The Labute approximate surface area is 127 Å². The third-order valence-electron chi connectivity index (χ3n) is 3.93. The van der Waals surface area contributed by atoms with Crippen LogP contribution in [0.1, 0.15) is 20.8 Å². The molecule has 0 aliphatic carbocycles. The molecule has 1 saturated heterocycles. The molecule has 5 nitrogen and oxygen atoms in total. The van der Waals surface area contributed by atoms with Crippen molar-refractivity contribution in [2.75, 3.05) is 31.1 Å². The normalized spacial score (nSPS) is 17.9. The van der Waals surface area contributed by atoms with Crippen LogP contribution in [0.5, 0.6) is 0 Å². The third-order valence-corrected chi connectivity index (χ3v) is 4.56. The van der Waals surface area contributed by atoms with Gasteiger partial charge < -0.3 is 9.88 Å².